The molecule has 1 rings (SSSR count). The van der Waals surface area contributed by atoms with Gasteiger partial charge in [-0.15, -0.1) is 0 Å². The fourth-order valence-corrected chi connectivity index (χ4v) is 2.45. The first-order valence-electron chi connectivity index (χ1n) is 5.84. The van der Waals surface area contributed by atoms with Crippen LogP contribution in [-0.4, -0.2) is 40.0 Å². The van der Waals surface area contributed by atoms with Gasteiger partial charge in [-0.05, 0) is 12.5 Å². The van der Waals surface area contributed by atoms with E-state index >= 15 is 0 Å². The van der Waals surface area contributed by atoms with Crippen LogP contribution in [0.5, 0.6) is 0 Å². The molecule has 2 atom stereocenters. The van der Waals surface area contributed by atoms with Crippen molar-refractivity contribution in [2.75, 3.05) is 5.75 Å². The summed E-state index contributed by atoms with van der Waals surface area (Å²) in [6, 6.07) is 7.97. The molecular weight excluding hydrogens is 266 g/mol. The Morgan fingerprint density at radius 1 is 1.21 bits per heavy atom. The Balaban J connectivity index is 2.42. The van der Waals surface area contributed by atoms with Crippen LogP contribution in [0.25, 0.3) is 0 Å². The Labute approximate surface area is 116 Å². The summed E-state index contributed by atoms with van der Waals surface area (Å²) < 4.78 is 0. The summed E-state index contributed by atoms with van der Waals surface area (Å²) in [6.07, 6.45) is 0. The summed E-state index contributed by atoms with van der Waals surface area (Å²) in [4.78, 5) is 21.7. The quantitative estimate of drug-likeness (QED) is 0.669. The van der Waals surface area contributed by atoms with E-state index < -0.39 is 24.0 Å². The minimum atomic E-state index is -1.06. The standard InChI is InChI=1S/C13H17NO4S/c1-9(12(15)16)14-11(13(17)18)8-19-7-10-5-3-2-4-6-10/h2-6,9,11,14H,7-8H2,1H3,(H,15,16)(H,17,18). The summed E-state index contributed by atoms with van der Waals surface area (Å²) in [6.45, 7) is 1.43. The molecule has 0 fully saturated rings. The van der Waals surface area contributed by atoms with Crippen LogP contribution in [-0.2, 0) is 15.3 Å². The predicted octanol–water partition coefficient (Wildman–Crippen LogP) is 1.44. The summed E-state index contributed by atoms with van der Waals surface area (Å²) >= 11 is 1.46. The largest absolute Gasteiger partial charge is 0.480 e. The lowest BCUT2D eigenvalue weighted by molar-refractivity contribution is -0.141. The number of hydrogen-bond acceptors (Lipinski definition) is 4. The fourth-order valence-electron chi connectivity index (χ4n) is 1.43. The molecule has 3 N–H and O–H groups in total. The van der Waals surface area contributed by atoms with Gasteiger partial charge in [0.05, 0.1) is 0 Å². The molecule has 0 saturated heterocycles. The number of rotatable bonds is 8. The molecule has 1 aromatic carbocycles. The zero-order valence-electron chi connectivity index (χ0n) is 10.6. The molecule has 0 amide bonds. The number of thioether (sulfide) groups is 1. The second-order valence-electron chi connectivity index (χ2n) is 4.12. The maximum atomic E-state index is 11.0. The van der Waals surface area contributed by atoms with Crippen LogP contribution in [0.4, 0.5) is 0 Å². The van der Waals surface area contributed by atoms with E-state index in [-0.39, 0.29) is 0 Å². The van der Waals surface area contributed by atoms with Crippen molar-refractivity contribution in [1.29, 1.82) is 0 Å². The van der Waals surface area contributed by atoms with Gasteiger partial charge in [0.25, 0.3) is 0 Å². The average molecular weight is 283 g/mol. The molecule has 0 aromatic heterocycles. The SMILES string of the molecule is CC(NC(CSCc1ccccc1)C(=O)O)C(=O)O. The van der Waals surface area contributed by atoms with Crippen LogP contribution in [0, 0.1) is 0 Å². The third-order valence-electron chi connectivity index (χ3n) is 2.52. The zero-order valence-corrected chi connectivity index (χ0v) is 11.4. The molecule has 5 nitrogen and oxygen atoms in total. The molecule has 19 heavy (non-hydrogen) atoms. The Morgan fingerprint density at radius 3 is 2.37 bits per heavy atom. The van der Waals surface area contributed by atoms with E-state index in [1.165, 1.54) is 18.7 Å². The van der Waals surface area contributed by atoms with Gasteiger partial charge in [0, 0.05) is 11.5 Å². The van der Waals surface area contributed by atoms with Crippen molar-refractivity contribution < 1.29 is 19.8 Å². The molecule has 1 aromatic rings. The van der Waals surface area contributed by atoms with Crippen LogP contribution in [0.3, 0.4) is 0 Å². The average Bonchev–Trinajstić information content (AvgIpc) is 2.38. The lowest BCUT2D eigenvalue weighted by Gasteiger charge is -2.17. The number of nitrogens with one attached hydrogen (secondary N) is 1. The van der Waals surface area contributed by atoms with Gasteiger partial charge in [-0.2, -0.15) is 11.8 Å². The lowest BCUT2D eigenvalue weighted by Crippen LogP contribution is -2.47. The van der Waals surface area contributed by atoms with Crippen molar-refractivity contribution in [1.82, 2.24) is 5.32 Å². The Morgan fingerprint density at radius 2 is 1.84 bits per heavy atom. The molecule has 6 heteroatoms. The minimum absolute atomic E-state index is 0.321. The molecule has 0 aliphatic rings. The Bertz CT molecular complexity index is 424. The third kappa shape index (κ3) is 5.76. The molecule has 2 unspecified atom stereocenters. The summed E-state index contributed by atoms with van der Waals surface area (Å²) in [5.41, 5.74) is 1.11. The van der Waals surface area contributed by atoms with E-state index in [4.69, 9.17) is 10.2 Å². The van der Waals surface area contributed by atoms with Gasteiger partial charge in [0.15, 0.2) is 0 Å². The summed E-state index contributed by atoms with van der Waals surface area (Å²) in [5.74, 6) is -1.07. The highest BCUT2D eigenvalue weighted by Gasteiger charge is 2.22. The van der Waals surface area contributed by atoms with Crippen LogP contribution >= 0.6 is 11.8 Å². The smallest absolute Gasteiger partial charge is 0.321 e. The van der Waals surface area contributed by atoms with Crippen molar-refractivity contribution in [2.24, 2.45) is 0 Å². The highest BCUT2D eigenvalue weighted by atomic mass is 32.2. The van der Waals surface area contributed by atoms with Gasteiger partial charge in [-0.25, -0.2) is 0 Å². The maximum Gasteiger partial charge on any atom is 0.321 e. The monoisotopic (exact) mass is 283 g/mol. The molecule has 0 saturated carbocycles. The highest BCUT2D eigenvalue weighted by Crippen LogP contribution is 2.13. The van der Waals surface area contributed by atoms with E-state index in [0.29, 0.717) is 11.5 Å². The van der Waals surface area contributed by atoms with Gasteiger partial charge in [-0.1, -0.05) is 30.3 Å². The molecule has 0 bridgehead atoms. The predicted molar refractivity (Wildman–Crippen MR) is 74.3 cm³/mol. The molecule has 0 radical (unpaired) electrons. The minimum Gasteiger partial charge on any atom is -0.480 e. The first-order chi connectivity index (χ1) is 9.00. The molecule has 0 heterocycles. The van der Waals surface area contributed by atoms with E-state index in [2.05, 4.69) is 5.32 Å². The molecular formula is C13H17NO4S. The first kappa shape index (κ1) is 15.5. The van der Waals surface area contributed by atoms with Crippen molar-refractivity contribution in [2.45, 2.75) is 24.8 Å². The van der Waals surface area contributed by atoms with Gasteiger partial charge in [0.2, 0.25) is 0 Å². The third-order valence-corrected chi connectivity index (χ3v) is 3.62. The molecule has 104 valence electrons. The van der Waals surface area contributed by atoms with Crippen molar-refractivity contribution in [3.05, 3.63) is 35.9 Å². The normalized spacial score (nSPS) is 13.7. The van der Waals surface area contributed by atoms with Crippen molar-refractivity contribution >= 4 is 23.7 Å². The lowest BCUT2D eigenvalue weighted by atomic mass is 10.2. The van der Waals surface area contributed by atoms with E-state index in [9.17, 15) is 9.59 Å². The number of carboxylic acid groups (broad SMARTS) is 2. The number of carbonyl (C=O) groups is 2. The Hall–Kier alpha value is -1.53. The van der Waals surface area contributed by atoms with Crippen molar-refractivity contribution in [3.8, 4) is 0 Å². The van der Waals surface area contributed by atoms with E-state index in [0.717, 1.165) is 5.56 Å². The molecule has 0 aliphatic heterocycles. The van der Waals surface area contributed by atoms with Gasteiger partial charge in [-0.3, -0.25) is 14.9 Å². The van der Waals surface area contributed by atoms with E-state index in [1.807, 2.05) is 30.3 Å². The van der Waals surface area contributed by atoms with Crippen LogP contribution in [0.1, 0.15) is 12.5 Å². The van der Waals surface area contributed by atoms with Crippen LogP contribution in [0.2, 0.25) is 0 Å². The second-order valence-corrected chi connectivity index (χ2v) is 5.15. The molecule has 0 spiro atoms. The Kier molecular flexibility index (Phi) is 6.38. The highest BCUT2D eigenvalue weighted by molar-refractivity contribution is 7.98. The number of benzene rings is 1. The topological polar surface area (TPSA) is 86.6 Å². The van der Waals surface area contributed by atoms with Crippen LogP contribution < -0.4 is 5.32 Å². The van der Waals surface area contributed by atoms with Gasteiger partial charge < -0.3 is 10.2 Å². The van der Waals surface area contributed by atoms with Gasteiger partial charge >= 0.3 is 11.9 Å². The zero-order chi connectivity index (χ0) is 14.3. The number of carboxylic acids is 2. The molecule has 0 aliphatic carbocycles. The second kappa shape index (κ2) is 7.81. The fraction of sp³-hybridized carbons (Fsp3) is 0.385. The summed E-state index contributed by atoms with van der Waals surface area (Å²) in [7, 11) is 0. The van der Waals surface area contributed by atoms with Crippen molar-refractivity contribution in [3.63, 3.8) is 0 Å². The first-order valence-corrected chi connectivity index (χ1v) is 6.99. The van der Waals surface area contributed by atoms with Crippen LogP contribution in [0.15, 0.2) is 30.3 Å². The number of aliphatic carboxylic acids is 2. The number of hydrogen-bond donors (Lipinski definition) is 3. The maximum absolute atomic E-state index is 11.0. The van der Waals surface area contributed by atoms with E-state index in [1.54, 1.807) is 0 Å². The van der Waals surface area contributed by atoms with Gasteiger partial charge in [0.1, 0.15) is 12.1 Å². The summed E-state index contributed by atoms with van der Waals surface area (Å²) in [5, 5.41) is 20.4.